The van der Waals surface area contributed by atoms with Crippen molar-refractivity contribution in [2.45, 2.75) is 57.0 Å². The standard InChI is InChI=1S/C26H26ClF2N5O2/c1-15-11-18(9-10-26(15,28)29)34-21(35)13-25(2,33-24(34)31)19-7-4-8-20(22(19)27)32-23(36)17-6-3-5-16(12-17)14-30/h3-8,12,15,18H,9-11,13H2,1-2H3,(H2,31,33)(H,32,36)/t15-,18-,25+/m1/s1. The first kappa shape index (κ1) is 25.6. The normalized spacial score (nSPS) is 25.6. The van der Waals surface area contributed by atoms with Gasteiger partial charge in [-0.1, -0.05) is 36.7 Å². The van der Waals surface area contributed by atoms with Gasteiger partial charge in [-0.2, -0.15) is 5.26 Å². The molecular formula is C26H26ClF2N5O2. The second-order valence-electron chi connectivity index (χ2n) is 9.59. The number of carbonyl (C=O) groups is 2. The van der Waals surface area contributed by atoms with Gasteiger partial charge in [0.2, 0.25) is 5.91 Å². The summed E-state index contributed by atoms with van der Waals surface area (Å²) < 4.78 is 27.9. The smallest absolute Gasteiger partial charge is 0.255 e. The van der Waals surface area contributed by atoms with E-state index in [1.54, 1.807) is 43.3 Å². The Morgan fingerprint density at radius 2 is 2.03 bits per heavy atom. The zero-order valence-electron chi connectivity index (χ0n) is 19.9. The number of guanidine groups is 1. The molecule has 1 aliphatic heterocycles. The summed E-state index contributed by atoms with van der Waals surface area (Å²) in [6.45, 7) is 3.20. The second kappa shape index (κ2) is 9.51. The Kier molecular flexibility index (Phi) is 6.76. The van der Waals surface area contributed by atoms with Crippen LogP contribution in [0.3, 0.4) is 0 Å². The summed E-state index contributed by atoms with van der Waals surface area (Å²) in [6, 6.07) is 12.8. The molecule has 36 heavy (non-hydrogen) atoms. The molecule has 0 radical (unpaired) electrons. The van der Waals surface area contributed by atoms with E-state index in [0.29, 0.717) is 22.4 Å². The average molecular weight is 514 g/mol. The zero-order chi connectivity index (χ0) is 26.3. The number of hydrogen-bond donors (Lipinski definition) is 2. The van der Waals surface area contributed by atoms with Gasteiger partial charge in [-0.15, -0.1) is 0 Å². The fraction of sp³-hybridized carbons (Fsp3) is 0.385. The van der Waals surface area contributed by atoms with Crippen molar-refractivity contribution in [1.82, 2.24) is 4.90 Å². The van der Waals surface area contributed by atoms with Crippen molar-refractivity contribution in [3.05, 3.63) is 64.2 Å². The Balaban J connectivity index is 1.59. The van der Waals surface area contributed by atoms with Gasteiger partial charge in [0, 0.05) is 29.5 Å². The number of halogens is 3. The molecule has 0 unspecified atom stereocenters. The Labute approximate surface area is 212 Å². The molecule has 4 rings (SSSR count). The molecule has 3 N–H and O–H groups in total. The highest BCUT2D eigenvalue weighted by molar-refractivity contribution is 6.35. The van der Waals surface area contributed by atoms with E-state index in [1.165, 1.54) is 17.9 Å². The number of anilines is 1. The molecule has 2 aromatic carbocycles. The van der Waals surface area contributed by atoms with Crippen LogP contribution in [-0.4, -0.2) is 34.6 Å². The fourth-order valence-corrected chi connectivity index (χ4v) is 5.28. The number of nitriles is 1. The molecule has 7 nitrogen and oxygen atoms in total. The van der Waals surface area contributed by atoms with Crippen molar-refractivity contribution in [3.8, 4) is 6.07 Å². The largest absolute Gasteiger partial charge is 0.369 e. The van der Waals surface area contributed by atoms with E-state index in [-0.39, 0.29) is 42.6 Å². The van der Waals surface area contributed by atoms with Crippen LogP contribution in [0.2, 0.25) is 5.02 Å². The van der Waals surface area contributed by atoms with Gasteiger partial charge in [0.15, 0.2) is 5.96 Å². The zero-order valence-corrected chi connectivity index (χ0v) is 20.6. The summed E-state index contributed by atoms with van der Waals surface area (Å²) in [5, 5.41) is 12.0. The van der Waals surface area contributed by atoms with Gasteiger partial charge in [0.05, 0.1) is 34.3 Å². The lowest BCUT2D eigenvalue weighted by molar-refractivity contribution is -0.136. The number of alkyl halides is 2. The molecule has 2 amide bonds. The minimum Gasteiger partial charge on any atom is -0.369 e. The lowest BCUT2D eigenvalue weighted by Crippen LogP contribution is -2.56. The molecule has 0 aromatic heterocycles. The third kappa shape index (κ3) is 4.78. The van der Waals surface area contributed by atoms with Crippen LogP contribution in [0.15, 0.2) is 47.5 Å². The van der Waals surface area contributed by atoms with E-state index in [0.717, 1.165) is 0 Å². The van der Waals surface area contributed by atoms with Gasteiger partial charge < -0.3 is 11.1 Å². The Hall–Kier alpha value is -3.51. The van der Waals surface area contributed by atoms with E-state index in [1.807, 2.05) is 6.07 Å². The molecule has 0 bridgehead atoms. The molecule has 1 heterocycles. The van der Waals surface area contributed by atoms with Crippen molar-refractivity contribution < 1.29 is 18.4 Å². The molecule has 1 fully saturated rings. The van der Waals surface area contributed by atoms with Crippen LogP contribution in [0.4, 0.5) is 14.5 Å². The summed E-state index contributed by atoms with van der Waals surface area (Å²) in [5.41, 5.74) is 6.56. The number of aliphatic imine (C=N–C) groups is 1. The van der Waals surface area contributed by atoms with Crippen LogP contribution in [0.5, 0.6) is 0 Å². The molecule has 188 valence electrons. The number of carbonyl (C=O) groups excluding carboxylic acids is 2. The Morgan fingerprint density at radius 1 is 1.31 bits per heavy atom. The van der Waals surface area contributed by atoms with Gasteiger partial charge in [0.1, 0.15) is 0 Å². The minimum absolute atomic E-state index is 0.0324. The van der Waals surface area contributed by atoms with Crippen LogP contribution >= 0.6 is 11.6 Å². The highest BCUT2D eigenvalue weighted by atomic mass is 35.5. The molecule has 0 saturated heterocycles. The third-order valence-electron chi connectivity index (χ3n) is 6.98. The number of nitrogens with two attached hydrogens (primary N) is 1. The van der Waals surface area contributed by atoms with E-state index in [2.05, 4.69) is 10.3 Å². The lowest BCUT2D eigenvalue weighted by Gasteiger charge is -2.43. The van der Waals surface area contributed by atoms with Gasteiger partial charge in [0.25, 0.3) is 11.8 Å². The van der Waals surface area contributed by atoms with Gasteiger partial charge in [-0.25, -0.2) is 13.8 Å². The summed E-state index contributed by atoms with van der Waals surface area (Å²) in [7, 11) is 0. The third-order valence-corrected chi connectivity index (χ3v) is 7.38. The van der Waals surface area contributed by atoms with Crippen molar-refractivity contribution in [3.63, 3.8) is 0 Å². The van der Waals surface area contributed by atoms with Crippen molar-refractivity contribution >= 4 is 35.1 Å². The molecule has 1 saturated carbocycles. The van der Waals surface area contributed by atoms with E-state index < -0.39 is 29.3 Å². The quantitative estimate of drug-likeness (QED) is 0.595. The van der Waals surface area contributed by atoms with Crippen LogP contribution in [0.25, 0.3) is 0 Å². The minimum atomic E-state index is -2.76. The lowest BCUT2D eigenvalue weighted by atomic mass is 9.81. The van der Waals surface area contributed by atoms with Crippen molar-refractivity contribution in [1.29, 1.82) is 5.26 Å². The fourth-order valence-electron chi connectivity index (χ4n) is 4.91. The average Bonchev–Trinajstić information content (AvgIpc) is 2.82. The number of hydrogen-bond acceptors (Lipinski definition) is 5. The van der Waals surface area contributed by atoms with Crippen LogP contribution in [-0.2, 0) is 10.3 Å². The molecule has 3 atom stereocenters. The topological polar surface area (TPSA) is 112 Å². The summed E-state index contributed by atoms with van der Waals surface area (Å²) in [4.78, 5) is 31.9. The molecule has 2 aliphatic rings. The number of benzene rings is 2. The van der Waals surface area contributed by atoms with Crippen LogP contribution < -0.4 is 11.1 Å². The van der Waals surface area contributed by atoms with Gasteiger partial charge >= 0.3 is 0 Å². The Morgan fingerprint density at radius 3 is 2.69 bits per heavy atom. The predicted octanol–water partition coefficient (Wildman–Crippen LogP) is 5.05. The van der Waals surface area contributed by atoms with E-state index >= 15 is 0 Å². The van der Waals surface area contributed by atoms with E-state index in [9.17, 15) is 18.4 Å². The summed E-state index contributed by atoms with van der Waals surface area (Å²) in [5.74, 6) is -4.42. The molecule has 2 aromatic rings. The molecular weight excluding hydrogens is 488 g/mol. The van der Waals surface area contributed by atoms with Crippen LogP contribution in [0, 0.1) is 17.2 Å². The van der Waals surface area contributed by atoms with Crippen molar-refractivity contribution in [2.75, 3.05) is 5.32 Å². The summed E-state index contributed by atoms with van der Waals surface area (Å²) in [6.07, 6.45) is -0.0828. The van der Waals surface area contributed by atoms with Gasteiger partial charge in [-0.05, 0) is 44.0 Å². The first-order valence-electron chi connectivity index (χ1n) is 11.6. The molecule has 0 spiro atoms. The van der Waals surface area contributed by atoms with Crippen LogP contribution in [0.1, 0.15) is 61.0 Å². The Bertz CT molecular complexity index is 1290. The maximum atomic E-state index is 14.0. The predicted molar refractivity (Wildman–Crippen MR) is 133 cm³/mol. The monoisotopic (exact) mass is 513 g/mol. The highest BCUT2D eigenvalue weighted by Crippen LogP contribution is 2.43. The first-order valence-corrected chi connectivity index (χ1v) is 12.0. The molecule has 10 heteroatoms. The number of nitrogens with one attached hydrogen (secondary N) is 1. The van der Waals surface area contributed by atoms with E-state index in [4.69, 9.17) is 22.6 Å². The molecule has 1 aliphatic carbocycles. The van der Waals surface area contributed by atoms with Crippen molar-refractivity contribution in [2.24, 2.45) is 16.6 Å². The second-order valence-corrected chi connectivity index (χ2v) is 9.97. The summed E-state index contributed by atoms with van der Waals surface area (Å²) >= 11 is 6.67. The first-order chi connectivity index (χ1) is 16.9. The number of nitrogens with zero attached hydrogens (tertiary/aromatic N) is 3. The highest BCUT2D eigenvalue weighted by Gasteiger charge is 2.47. The SMILES string of the molecule is C[C@@H]1C[C@H](N2C(=O)C[C@@](C)(c3cccc(NC(=O)c4cccc(C#N)c4)c3Cl)N=C2N)CCC1(F)F. The number of rotatable bonds is 4. The van der Waals surface area contributed by atoms with Gasteiger partial charge in [-0.3, -0.25) is 14.5 Å². The maximum Gasteiger partial charge on any atom is 0.255 e. The maximum absolute atomic E-state index is 14.0. The number of amides is 2.